The number of aryl methyl sites for hydroxylation is 1. The Bertz CT molecular complexity index is 942. The summed E-state index contributed by atoms with van der Waals surface area (Å²) >= 11 is 0. The van der Waals surface area contributed by atoms with Gasteiger partial charge in [0.15, 0.2) is 0 Å². The van der Waals surface area contributed by atoms with Crippen molar-refractivity contribution in [3.63, 3.8) is 0 Å². The highest BCUT2D eigenvalue weighted by molar-refractivity contribution is 5.99. The van der Waals surface area contributed by atoms with Crippen LogP contribution in [0.25, 0.3) is 5.65 Å². The Morgan fingerprint density at radius 2 is 1.85 bits per heavy atom. The van der Waals surface area contributed by atoms with Gasteiger partial charge in [0.05, 0.1) is 11.3 Å². The summed E-state index contributed by atoms with van der Waals surface area (Å²) in [6, 6.07) is 10.4. The summed E-state index contributed by atoms with van der Waals surface area (Å²) in [6.07, 6.45) is 4.74. The van der Waals surface area contributed by atoms with Gasteiger partial charge in [-0.05, 0) is 43.2 Å². The first-order chi connectivity index (χ1) is 13.1. The lowest BCUT2D eigenvalue weighted by Gasteiger charge is -2.34. The lowest BCUT2D eigenvalue weighted by atomic mass is 10.1. The van der Waals surface area contributed by atoms with E-state index in [4.69, 9.17) is 0 Å². The van der Waals surface area contributed by atoms with Crippen LogP contribution in [0.5, 0.6) is 0 Å². The first-order valence-electron chi connectivity index (χ1n) is 9.30. The molecule has 2 aromatic heterocycles. The highest BCUT2D eigenvalue weighted by atomic mass is 19.1. The average molecular weight is 366 g/mol. The Balaban J connectivity index is 1.35. The Labute approximate surface area is 158 Å². The van der Waals surface area contributed by atoms with Crippen molar-refractivity contribution in [2.75, 3.05) is 32.7 Å². The summed E-state index contributed by atoms with van der Waals surface area (Å²) in [7, 11) is 0. The monoisotopic (exact) mass is 366 g/mol. The number of pyridine rings is 1. The number of amides is 1. The van der Waals surface area contributed by atoms with Crippen molar-refractivity contribution in [1.29, 1.82) is 0 Å². The molecule has 1 fully saturated rings. The van der Waals surface area contributed by atoms with Gasteiger partial charge in [0, 0.05) is 45.1 Å². The first kappa shape index (κ1) is 17.7. The number of imidazole rings is 1. The van der Waals surface area contributed by atoms with Crippen LogP contribution in [-0.4, -0.2) is 57.8 Å². The fourth-order valence-electron chi connectivity index (χ4n) is 3.59. The van der Waals surface area contributed by atoms with Crippen molar-refractivity contribution >= 4 is 11.6 Å². The van der Waals surface area contributed by atoms with Crippen LogP contribution in [0.1, 0.15) is 21.6 Å². The van der Waals surface area contributed by atoms with Crippen LogP contribution in [0.15, 0.2) is 48.8 Å². The van der Waals surface area contributed by atoms with Crippen LogP contribution in [0.3, 0.4) is 0 Å². The van der Waals surface area contributed by atoms with Gasteiger partial charge in [0.2, 0.25) is 0 Å². The summed E-state index contributed by atoms with van der Waals surface area (Å²) in [5, 5.41) is 0. The molecule has 1 aromatic carbocycles. The number of benzene rings is 1. The molecule has 0 N–H and O–H groups in total. The third kappa shape index (κ3) is 3.85. The Morgan fingerprint density at radius 1 is 1.11 bits per heavy atom. The molecule has 1 aliphatic heterocycles. The Morgan fingerprint density at radius 3 is 2.59 bits per heavy atom. The molecule has 5 nitrogen and oxygen atoms in total. The van der Waals surface area contributed by atoms with E-state index in [1.807, 2.05) is 52.9 Å². The Kier molecular flexibility index (Phi) is 4.90. The molecule has 1 aliphatic rings. The van der Waals surface area contributed by atoms with E-state index in [2.05, 4.69) is 9.88 Å². The molecule has 27 heavy (non-hydrogen) atoms. The minimum absolute atomic E-state index is 0.0457. The molecule has 0 atom stereocenters. The maximum absolute atomic E-state index is 13.0. The van der Waals surface area contributed by atoms with Crippen LogP contribution in [0.4, 0.5) is 4.39 Å². The molecule has 1 amide bonds. The quantitative estimate of drug-likeness (QED) is 0.713. The second kappa shape index (κ2) is 7.48. The van der Waals surface area contributed by atoms with E-state index in [0.29, 0.717) is 18.7 Å². The molecule has 0 spiro atoms. The lowest BCUT2D eigenvalue weighted by Crippen LogP contribution is -2.49. The zero-order chi connectivity index (χ0) is 18.8. The predicted octanol–water partition coefficient (Wildman–Crippen LogP) is 2.78. The topological polar surface area (TPSA) is 40.9 Å². The molecule has 0 unspecified atom stereocenters. The second-order valence-electron chi connectivity index (χ2n) is 7.05. The summed E-state index contributed by atoms with van der Waals surface area (Å²) in [4.78, 5) is 21.7. The number of piperazine rings is 1. The van der Waals surface area contributed by atoms with Gasteiger partial charge in [-0.25, -0.2) is 9.37 Å². The maximum atomic E-state index is 13.0. The smallest absolute Gasteiger partial charge is 0.257 e. The molecule has 0 bridgehead atoms. The summed E-state index contributed by atoms with van der Waals surface area (Å²) in [6.45, 7) is 5.98. The van der Waals surface area contributed by atoms with E-state index in [9.17, 15) is 9.18 Å². The molecule has 0 radical (unpaired) electrons. The highest BCUT2D eigenvalue weighted by Gasteiger charge is 2.24. The van der Waals surface area contributed by atoms with Crippen molar-refractivity contribution in [3.05, 3.63) is 71.4 Å². The van der Waals surface area contributed by atoms with Gasteiger partial charge in [-0.15, -0.1) is 0 Å². The number of carbonyl (C=O) groups excluding carboxylic acids is 1. The van der Waals surface area contributed by atoms with Crippen LogP contribution in [0.2, 0.25) is 0 Å². The molecule has 4 rings (SSSR count). The van der Waals surface area contributed by atoms with Gasteiger partial charge in [0.1, 0.15) is 11.5 Å². The number of hydrogen-bond acceptors (Lipinski definition) is 3. The van der Waals surface area contributed by atoms with Crippen LogP contribution in [-0.2, 0) is 6.42 Å². The standard InChI is InChI=1S/C21H23FN4O/c1-16-15-26-9-2-3-19(20(26)23-16)21(27)25-13-11-24(12-14-25)10-8-17-4-6-18(22)7-5-17/h2-7,9,15H,8,10-14H2,1H3. The van der Waals surface area contributed by atoms with E-state index < -0.39 is 0 Å². The minimum Gasteiger partial charge on any atom is -0.336 e. The number of nitrogens with zero attached hydrogens (tertiary/aromatic N) is 4. The van der Waals surface area contributed by atoms with E-state index in [1.54, 1.807) is 0 Å². The average Bonchev–Trinajstić information content (AvgIpc) is 3.07. The van der Waals surface area contributed by atoms with Gasteiger partial charge < -0.3 is 9.30 Å². The molecule has 0 aliphatic carbocycles. The maximum Gasteiger partial charge on any atom is 0.257 e. The van der Waals surface area contributed by atoms with Gasteiger partial charge in [-0.3, -0.25) is 9.69 Å². The largest absolute Gasteiger partial charge is 0.336 e. The van der Waals surface area contributed by atoms with Crippen LogP contribution >= 0.6 is 0 Å². The first-order valence-corrected chi connectivity index (χ1v) is 9.30. The molecule has 3 heterocycles. The lowest BCUT2D eigenvalue weighted by molar-refractivity contribution is 0.0640. The fourth-order valence-corrected chi connectivity index (χ4v) is 3.59. The van der Waals surface area contributed by atoms with Crippen LogP contribution in [0, 0.1) is 12.7 Å². The zero-order valence-electron chi connectivity index (χ0n) is 15.4. The van der Waals surface area contributed by atoms with E-state index in [1.165, 1.54) is 12.1 Å². The number of halogens is 1. The van der Waals surface area contributed by atoms with Crippen LogP contribution < -0.4 is 0 Å². The third-order valence-electron chi connectivity index (χ3n) is 5.12. The molecular weight excluding hydrogens is 343 g/mol. The van der Waals surface area contributed by atoms with Crippen molar-refractivity contribution < 1.29 is 9.18 Å². The predicted molar refractivity (Wildman–Crippen MR) is 102 cm³/mol. The number of fused-ring (bicyclic) bond motifs is 1. The van der Waals surface area contributed by atoms with Crippen molar-refractivity contribution in [2.45, 2.75) is 13.3 Å². The molecule has 1 saturated heterocycles. The summed E-state index contributed by atoms with van der Waals surface area (Å²) < 4.78 is 14.9. The van der Waals surface area contributed by atoms with Gasteiger partial charge in [-0.2, -0.15) is 0 Å². The molecular formula is C21H23FN4O. The van der Waals surface area contributed by atoms with Gasteiger partial charge >= 0.3 is 0 Å². The van der Waals surface area contributed by atoms with E-state index in [-0.39, 0.29) is 11.7 Å². The minimum atomic E-state index is -0.200. The van der Waals surface area contributed by atoms with Crippen molar-refractivity contribution in [1.82, 2.24) is 19.2 Å². The van der Waals surface area contributed by atoms with E-state index >= 15 is 0 Å². The summed E-state index contributed by atoms with van der Waals surface area (Å²) in [5.74, 6) is -0.155. The number of hydrogen-bond donors (Lipinski definition) is 0. The third-order valence-corrected chi connectivity index (χ3v) is 5.12. The van der Waals surface area contributed by atoms with Crippen molar-refractivity contribution in [2.24, 2.45) is 0 Å². The molecule has 0 saturated carbocycles. The van der Waals surface area contributed by atoms with E-state index in [0.717, 1.165) is 43.0 Å². The van der Waals surface area contributed by atoms with Crippen molar-refractivity contribution in [3.8, 4) is 0 Å². The normalized spacial score (nSPS) is 15.4. The SMILES string of the molecule is Cc1cn2cccc(C(=O)N3CCN(CCc4ccc(F)cc4)CC3)c2n1. The number of rotatable bonds is 4. The number of carbonyl (C=O) groups is 1. The fraction of sp³-hybridized carbons (Fsp3) is 0.333. The second-order valence-corrected chi connectivity index (χ2v) is 7.05. The molecule has 3 aromatic rings. The summed E-state index contributed by atoms with van der Waals surface area (Å²) in [5.41, 5.74) is 3.42. The molecule has 6 heteroatoms. The highest BCUT2D eigenvalue weighted by Crippen LogP contribution is 2.15. The van der Waals surface area contributed by atoms with Gasteiger partial charge in [-0.1, -0.05) is 12.1 Å². The molecule has 140 valence electrons. The Hall–Kier alpha value is -2.73. The van der Waals surface area contributed by atoms with Gasteiger partial charge in [0.25, 0.3) is 5.91 Å². The number of aromatic nitrogens is 2. The zero-order valence-corrected chi connectivity index (χ0v) is 15.4.